The number of nitrogens with zero attached hydrogens (tertiary/aromatic N) is 3. The van der Waals surface area contributed by atoms with Gasteiger partial charge in [-0.05, 0) is 36.9 Å². The topological polar surface area (TPSA) is 66.3 Å². The molecule has 1 unspecified atom stereocenters. The van der Waals surface area contributed by atoms with Crippen molar-refractivity contribution in [3.8, 4) is 10.7 Å². The van der Waals surface area contributed by atoms with Crippen LogP contribution in [0.5, 0.6) is 0 Å². The van der Waals surface area contributed by atoms with Crippen LogP contribution in [0.3, 0.4) is 0 Å². The van der Waals surface area contributed by atoms with Gasteiger partial charge in [0.1, 0.15) is 5.82 Å². The molecule has 0 spiro atoms. The van der Waals surface area contributed by atoms with Gasteiger partial charge in [-0.15, -0.1) is 11.3 Å². The molecular weight excluding hydrogens is 322 g/mol. The number of aliphatic carboxylic acids is 1. The highest BCUT2D eigenvalue weighted by molar-refractivity contribution is 7.13. The lowest BCUT2D eigenvalue weighted by molar-refractivity contribution is -0.146. The summed E-state index contributed by atoms with van der Waals surface area (Å²) < 4.78 is 0. The van der Waals surface area contributed by atoms with Crippen LogP contribution in [0.15, 0.2) is 41.8 Å². The number of rotatable bonds is 3. The van der Waals surface area contributed by atoms with Crippen molar-refractivity contribution in [1.29, 1.82) is 0 Å². The fourth-order valence-electron chi connectivity index (χ4n) is 3.13. The Labute approximate surface area is 143 Å². The number of carboxylic acids is 1. The fourth-order valence-corrected chi connectivity index (χ4v) is 3.79. The number of fused-ring (bicyclic) bond motifs is 1. The number of hydrogen-bond acceptors (Lipinski definition) is 5. The number of benzene rings is 1. The highest BCUT2D eigenvalue weighted by atomic mass is 32.1. The molecule has 122 valence electrons. The van der Waals surface area contributed by atoms with E-state index in [9.17, 15) is 9.90 Å². The van der Waals surface area contributed by atoms with E-state index in [1.54, 1.807) is 18.3 Å². The second kappa shape index (κ2) is 5.56. The van der Waals surface area contributed by atoms with Crippen LogP contribution < -0.4 is 4.90 Å². The first-order chi connectivity index (χ1) is 11.6. The van der Waals surface area contributed by atoms with Crippen molar-refractivity contribution < 1.29 is 9.90 Å². The summed E-state index contributed by atoms with van der Waals surface area (Å²) in [5.41, 5.74) is 0.157. The molecule has 3 aromatic rings. The van der Waals surface area contributed by atoms with Crippen LogP contribution in [-0.2, 0) is 4.79 Å². The van der Waals surface area contributed by atoms with E-state index in [0.29, 0.717) is 25.3 Å². The summed E-state index contributed by atoms with van der Waals surface area (Å²) in [6.45, 7) is 2.96. The van der Waals surface area contributed by atoms with E-state index in [-0.39, 0.29) is 0 Å². The van der Waals surface area contributed by atoms with Crippen LogP contribution in [0.4, 0.5) is 5.82 Å². The zero-order chi connectivity index (χ0) is 16.7. The third-order valence-corrected chi connectivity index (χ3v) is 5.48. The lowest BCUT2D eigenvalue weighted by Crippen LogP contribution is -2.32. The minimum atomic E-state index is -0.748. The Morgan fingerprint density at radius 2 is 2.08 bits per heavy atom. The van der Waals surface area contributed by atoms with E-state index in [1.807, 2.05) is 41.8 Å². The van der Waals surface area contributed by atoms with Crippen molar-refractivity contribution in [2.24, 2.45) is 5.41 Å². The van der Waals surface area contributed by atoms with Gasteiger partial charge in [-0.3, -0.25) is 4.79 Å². The fraction of sp³-hybridized carbons (Fsp3) is 0.278. The second-order valence-electron chi connectivity index (χ2n) is 6.40. The third-order valence-electron chi connectivity index (χ3n) is 4.61. The minimum absolute atomic E-state index is 0.465. The normalized spacial score (nSPS) is 20.6. The molecule has 1 saturated heterocycles. The predicted molar refractivity (Wildman–Crippen MR) is 95.4 cm³/mol. The highest BCUT2D eigenvalue weighted by Gasteiger charge is 2.41. The molecule has 0 saturated carbocycles. The Morgan fingerprint density at radius 1 is 1.25 bits per heavy atom. The van der Waals surface area contributed by atoms with Crippen molar-refractivity contribution >= 4 is 34.0 Å². The van der Waals surface area contributed by atoms with E-state index in [0.717, 1.165) is 21.6 Å². The zero-order valence-electron chi connectivity index (χ0n) is 13.3. The van der Waals surface area contributed by atoms with E-state index in [1.165, 1.54) is 0 Å². The zero-order valence-corrected chi connectivity index (χ0v) is 14.1. The van der Waals surface area contributed by atoms with Gasteiger partial charge in [0.15, 0.2) is 5.82 Å². The molecule has 0 aliphatic carbocycles. The Morgan fingerprint density at radius 3 is 2.79 bits per heavy atom. The van der Waals surface area contributed by atoms with E-state index < -0.39 is 11.4 Å². The number of carboxylic acid groups (broad SMARTS) is 1. The molecule has 4 rings (SSSR count). The monoisotopic (exact) mass is 339 g/mol. The van der Waals surface area contributed by atoms with Gasteiger partial charge >= 0.3 is 5.97 Å². The summed E-state index contributed by atoms with van der Waals surface area (Å²) in [5.74, 6) is 0.776. The standard InChI is InChI=1S/C18H17N3O2S/c1-18(17(22)23)8-9-21(11-18)16-12-5-2-3-6-13(12)19-15(20-16)14-7-4-10-24-14/h2-7,10H,8-9,11H2,1H3,(H,22,23). The molecule has 0 bridgehead atoms. The van der Waals surface area contributed by atoms with Crippen LogP contribution in [0.2, 0.25) is 0 Å². The molecule has 1 aromatic carbocycles. The van der Waals surface area contributed by atoms with Crippen LogP contribution in [0.25, 0.3) is 21.6 Å². The number of hydrogen-bond donors (Lipinski definition) is 1. The summed E-state index contributed by atoms with van der Waals surface area (Å²) in [4.78, 5) is 24.1. The first-order valence-corrected chi connectivity index (χ1v) is 8.74. The number of aromatic nitrogens is 2. The van der Waals surface area contributed by atoms with E-state index >= 15 is 0 Å². The average Bonchev–Trinajstić information content (AvgIpc) is 3.24. The van der Waals surface area contributed by atoms with Gasteiger partial charge in [0, 0.05) is 18.5 Å². The molecule has 3 heterocycles. The van der Waals surface area contributed by atoms with Gasteiger partial charge < -0.3 is 10.0 Å². The van der Waals surface area contributed by atoms with E-state index in [4.69, 9.17) is 4.98 Å². The van der Waals surface area contributed by atoms with E-state index in [2.05, 4.69) is 9.88 Å². The smallest absolute Gasteiger partial charge is 0.311 e. The maximum Gasteiger partial charge on any atom is 0.311 e. The molecule has 1 aliphatic heterocycles. The average molecular weight is 339 g/mol. The molecule has 24 heavy (non-hydrogen) atoms. The summed E-state index contributed by atoms with van der Waals surface area (Å²) in [6, 6.07) is 11.9. The van der Waals surface area contributed by atoms with Crippen LogP contribution in [-0.4, -0.2) is 34.1 Å². The van der Waals surface area contributed by atoms with Gasteiger partial charge in [0.2, 0.25) is 0 Å². The third kappa shape index (κ3) is 2.43. The number of thiophene rings is 1. The van der Waals surface area contributed by atoms with Gasteiger partial charge in [-0.25, -0.2) is 9.97 Å². The Bertz CT molecular complexity index is 910. The first-order valence-electron chi connectivity index (χ1n) is 7.86. The highest BCUT2D eigenvalue weighted by Crippen LogP contribution is 2.36. The van der Waals surface area contributed by atoms with Crippen LogP contribution >= 0.6 is 11.3 Å². The molecule has 1 N–H and O–H groups in total. The molecule has 1 aliphatic rings. The summed E-state index contributed by atoms with van der Waals surface area (Å²) in [5, 5.41) is 12.5. The van der Waals surface area contributed by atoms with Crippen molar-refractivity contribution in [2.75, 3.05) is 18.0 Å². The summed E-state index contributed by atoms with van der Waals surface area (Å²) in [6.07, 6.45) is 0.620. The lowest BCUT2D eigenvalue weighted by atomic mass is 9.90. The van der Waals surface area contributed by atoms with Gasteiger partial charge in [-0.2, -0.15) is 0 Å². The second-order valence-corrected chi connectivity index (χ2v) is 7.35. The van der Waals surface area contributed by atoms with Crippen molar-refractivity contribution in [1.82, 2.24) is 9.97 Å². The quantitative estimate of drug-likeness (QED) is 0.789. The van der Waals surface area contributed by atoms with Crippen LogP contribution in [0, 0.1) is 5.41 Å². The van der Waals surface area contributed by atoms with Crippen molar-refractivity contribution in [2.45, 2.75) is 13.3 Å². The molecule has 0 amide bonds. The molecular formula is C18H17N3O2S. The molecule has 5 nitrogen and oxygen atoms in total. The number of carbonyl (C=O) groups is 1. The molecule has 2 aromatic heterocycles. The van der Waals surface area contributed by atoms with Gasteiger partial charge in [0.25, 0.3) is 0 Å². The maximum atomic E-state index is 11.6. The molecule has 1 fully saturated rings. The number of anilines is 1. The largest absolute Gasteiger partial charge is 0.481 e. The SMILES string of the molecule is CC1(C(=O)O)CCN(c2nc(-c3cccs3)nc3ccccc23)C1. The minimum Gasteiger partial charge on any atom is -0.481 e. The molecule has 6 heteroatoms. The summed E-state index contributed by atoms with van der Waals surface area (Å²) >= 11 is 1.60. The molecule has 0 radical (unpaired) electrons. The summed E-state index contributed by atoms with van der Waals surface area (Å²) in [7, 11) is 0. The molecule has 1 atom stereocenters. The predicted octanol–water partition coefficient (Wildman–Crippen LogP) is 3.66. The van der Waals surface area contributed by atoms with Gasteiger partial charge in [0.05, 0.1) is 15.8 Å². The van der Waals surface area contributed by atoms with Crippen molar-refractivity contribution in [3.05, 3.63) is 41.8 Å². The Balaban J connectivity index is 1.84. The number of para-hydroxylation sites is 1. The van der Waals surface area contributed by atoms with Crippen molar-refractivity contribution in [3.63, 3.8) is 0 Å². The van der Waals surface area contributed by atoms with Crippen LogP contribution in [0.1, 0.15) is 13.3 Å². The lowest BCUT2D eigenvalue weighted by Gasteiger charge is -2.22. The first kappa shape index (κ1) is 15.1. The maximum absolute atomic E-state index is 11.6. The Kier molecular flexibility index (Phi) is 3.49. The Hall–Kier alpha value is -2.47. The van der Waals surface area contributed by atoms with Gasteiger partial charge in [-0.1, -0.05) is 18.2 Å².